The normalized spacial score (nSPS) is 28.6. The van der Waals surface area contributed by atoms with Crippen LogP contribution in [0.25, 0.3) is 0 Å². The molecule has 8 nitrogen and oxygen atoms in total. The number of nitrogens with one attached hydrogen (secondary N) is 1. The van der Waals surface area contributed by atoms with Crippen molar-refractivity contribution >= 4 is 40.9 Å². The largest absolute Gasteiger partial charge is 0.508 e. The lowest BCUT2D eigenvalue weighted by atomic mass is 9.49. The number of amides is 4. The molecule has 47 heavy (non-hydrogen) atoms. The molecule has 2 saturated heterocycles. The van der Waals surface area contributed by atoms with Crippen LogP contribution in [0.5, 0.6) is 5.75 Å². The topological polar surface area (TPSA) is 107 Å². The van der Waals surface area contributed by atoms with Gasteiger partial charge in [0.25, 0.3) is 11.8 Å². The SMILES string of the molecule is Cc1cc([C@H]2C3=CC[C@@H]4C(=O)N(C(C)(C)C)C(=O)[C@@H]4[C@@H]3C[C@H]3C(=O)N(Nc4ccc(F)cc4)C(=O)[C@@]23c2ccc(Cl)cc2)ccc1O. The molecule has 2 N–H and O–H groups in total. The zero-order chi connectivity index (χ0) is 33.6. The number of phenols is 1. The Bertz CT molecular complexity index is 1870. The van der Waals surface area contributed by atoms with Crippen LogP contribution in [0, 0.1) is 36.4 Å². The summed E-state index contributed by atoms with van der Waals surface area (Å²) in [6, 6.07) is 17.4. The van der Waals surface area contributed by atoms with Crippen LogP contribution in [0.15, 0.2) is 78.4 Å². The quantitative estimate of drug-likeness (QED) is 0.253. The van der Waals surface area contributed by atoms with E-state index in [1.54, 1.807) is 43.3 Å². The Kier molecular flexibility index (Phi) is 7.13. The number of anilines is 1. The molecule has 6 atom stereocenters. The molecule has 2 aliphatic heterocycles. The third-order valence-corrected chi connectivity index (χ3v) is 10.7. The summed E-state index contributed by atoms with van der Waals surface area (Å²) in [6.07, 6.45) is 2.48. The van der Waals surface area contributed by atoms with E-state index in [-0.39, 0.29) is 24.0 Å². The van der Waals surface area contributed by atoms with Gasteiger partial charge >= 0.3 is 0 Å². The minimum absolute atomic E-state index is 0.0849. The lowest BCUT2D eigenvalue weighted by Crippen LogP contribution is -2.53. The van der Waals surface area contributed by atoms with Gasteiger partial charge in [-0.05, 0) is 106 Å². The highest BCUT2D eigenvalue weighted by molar-refractivity contribution is 6.30. The summed E-state index contributed by atoms with van der Waals surface area (Å²) in [4.78, 5) is 59.0. The van der Waals surface area contributed by atoms with E-state index in [1.807, 2.05) is 32.9 Å². The third-order valence-electron chi connectivity index (χ3n) is 10.5. The van der Waals surface area contributed by atoms with E-state index in [4.69, 9.17) is 11.6 Å². The number of hydrazine groups is 1. The summed E-state index contributed by atoms with van der Waals surface area (Å²) >= 11 is 6.33. The fourth-order valence-electron chi connectivity index (χ4n) is 8.55. The van der Waals surface area contributed by atoms with Crippen LogP contribution < -0.4 is 5.43 Å². The van der Waals surface area contributed by atoms with Gasteiger partial charge in [-0.1, -0.05) is 47.5 Å². The monoisotopic (exact) mass is 655 g/mol. The van der Waals surface area contributed by atoms with Crippen LogP contribution in [-0.2, 0) is 24.6 Å². The van der Waals surface area contributed by atoms with Crippen LogP contribution in [0.2, 0.25) is 5.02 Å². The highest BCUT2D eigenvalue weighted by Gasteiger charge is 2.70. The van der Waals surface area contributed by atoms with Crippen molar-refractivity contribution in [2.24, 2.45) is 23.7 Å². The first kappa shape index (κ1) is 31.1. The molecule has 1 saturated carbocycles. The molecule has 2 aliphatic carbocycles. The molecule has 10 heteroatoms. The second-order valence-electron chi connectivity index (χ2n) is 14.1. The van der Waals surface area contributed by atoms with Gasteiger partial charge in [-0.15, -0.1) is 0 Å². The van der Waals surface area contributed by atoms with Crippen molar-refractivity contribution in [1.82, 2.24) is 9.91 Å². The van der Waals surface area contributed by atoms with E-state index in [2.05, 4.69) is 5.43 Å². The Morgan fingerprint density at radius 3 is 2.23 bits per heavy atom. The second-order valence-corrected chi connectivity index (χ2v) is 14.5. The average molecular weight is 656 g/mol. The number of phenolic OH excluding ortho intramolecular Hbond substituents is 1. The number of fused-ring (bicyclic) bond motifs is 4. The van der Waals surface area contributed by atoms with E-state index in [1.165, 1.54) is 29.2 Å². The Labute approximate surface area is 277 Å². The summed E-state index contributed by atoms with van der Waals surface area (Å²) < 4.78 is 13.8. The molecular formula is C37H35ClFN3O5. The number of halogens is 2. The lowest BCUT2D eigenvalue weighted by Gasteiger charge is -2.50. The number of allylic oxidation sites excluding steroid dienone is 2. The molecule has 0 aromatic heterocycles. The maximum absolute atomic E-state index is 15.1. The zero-order valence-electron chi connectivity index (χ0n) is 26.5. The van der Waals surface area contributed by atoms with Crippen LogP contribution >= 0.6 is 11.6 Å². The van der Waals surface area contributed by atoms with E-state index >= 15 is 4.79 Å². The molecule has 0 unspecified atom stereocenters. The Morgan fingerprint density at radius 2 is 1.60 bits per heavy atom. The molecule has 4 amide bonds. The summed E-state index contributed by atoms with van der Waals surface area (Å²) in [5.41, 5.74) is 3.79. The number of imide groups is 2. The Morgan fingerprint density at radius 1 is 0.915 bits per heavy atom. The molecule has 242 valence electrons. The molecule has 3 aromatic rings. The van der Waals surface area contributed by atoms with Gasteiger partial charge in [0.1, 0.15) is 11.6 Å². The number of nitrogens with zero attached hydrogens (tertiary/aromatic N) is 2. The number of aryl methyl sites for hydroxylation is 1. The molecule has 2 heterocycles. The molecule has 7 rings (SSSR count). The average Bonchev–Trinajstić information content (AvgIpc) is 3.41. The van der Waals surface area contributed by atoms with Crippen molar-refractivity contribution in [2.45, 2.75) is 57.4 Å². The highest BCUT2D eigenvalue weighted by Crippen LogP contribution is 2.64. The molecule has 0 bridgehead atoms. The van der Waals surface area contributed by atoms with Crippen molar-refractivity contribution in [2.75, 3.05) is 5.43 Å². The van der Waals surface area contributed by atoms with Crippen molar-refractivity contribution < 1.29 is 28.7 Å². The minimum atomic E-state index is -1.47. The first-order valence-corrected chi connectivity index (χ1v) is 16.2. The van der Waals surface area contributed by atoms with E-state index in [0.717, 1.165) is 10.6 Å². The molecular weight excluding hydrogens is 621 g/mol. The summed E-state index contributed by atoms with van der Waals surface area (Å²) in [5.74, 6) is -5.26. The Hall–Kier alpha value is -4.50. The van der Waals surface area contributed by atoms with Gasteiger partial charge < -0.3 is 5.11 Å². The standard InChI is InChI=1S/C37H35ClFN3O5/c1-19-17-20(5-16-29(19)43)31-25-14-15-26-30(34(46)41(32(26)44)36(2,3)4)27(25)18-28-33(45)42(40-24-12-10-23(39)11-13-24)35(47)37(28,31)21-6-8-22(38)9-7-21/h5-14,16-17,26-28,30-31,40,43H,15,18H2,1-4H3/t26-,27+,28-,30-,31-,37+/m0/s1. The first-order valence-electron chi connectivity index (χ1n) is 15.8. The van der Waals surface area contributed by atoms with Crippen molar-refractivity contribution in [1.29, 1.82) is 0 Å². The molecule has 0 spiro atoms. The maximum Gasteiger partial charge on any atom is 0.260 e. The van der Waals surface area contributed by atoms with Crippen LogP contribution in [0.3, 0.4) is 0 Å². The van der Waals surface area contributed by atoms with Crippen LogP contribution in [-0.4, -0.2) is 44.2 Å². The third kappa shape index (κ3) is 4.53. The number of likely N-dealkylation sites (tertiary alicyclic amines) is 1. The maximum atomic E-state index is 15.1. The zero-order valence-corrected chi connectivity index (χ0v) is 27.2. The number of hydrogen-bond acceptors (Lipinski definition) is 6. The number of aromatic hydroxyl groups is 1. The van der Waals surface area contributed by atoms with Crippen molar-refractivity contribution in [3.05, 3.63) is 106 Å². The van der Waals surface area contributed by atoms with Gasteiger partial charge in [-0.3, -0.25) is 29.5 Å². The summed E-state index contributed by atoms with van der Waals surface area (Å²) in [6.45, 7) is 7.27. The van der Waals surface area contributed by atoms with Gasteiger partial charge in [-0.25, -0.2) is 4.39 Å². The fraction of sp³-hybridized carbons (Fsp3) is 0.351. The van der Waals surface area contributed by atoms with Crippen LogP contribution in [0.1, 0.15) is 56.2 Å². The summed E-state index contributed by atoms with van der Waals surface area (Å²) in [7, 11) is 0. The van der Waals surface area contributed by atoms with Gasteiger partial charge in [0, 0.05) is 16.5 Å². The van der Waals surface area contributed by atoms with E-state index in [9.17, 15) is 23.9 Å². The number of rotatable bonds is 4. The van der Waals surface area contributed by atoms with E-state index < -0.39 is 58.2 Å². The fourth-order valence-corrected chi connectivity index (χ4v) is 8.68. The first-order chi connectivity index (χ1) is 22.2. The number of carbonyl (C=O) groups is 4. The molecule has 0 radical (unpaired) electrons. The van der Waals surface area contributed by atoms with Crippen molar-refractivity contribution in [3.8, 4) is 5.75 Å². The lowest BCUT2D eigenvalue weighted by molar-refractivity contribution is -0.146. The van der Waals surface area contributed by atoms with Crippen LogP contribution in [0.4, 0.5) is 10.1 Å². The minimum Gasteiger partial charge on any atom is -0.508 e. The second kappa shape index (κ2) is 10.8. The van der Waals surface area contributed by atoms with E-state index in [0.29, 0.717) is 33.8 Å². The molecule has 3 fully saturated rings. The molecule has 4 aliphatic rings. The highest BCUT2D eigenvalue weighted by atomic mass is 35.5. The smallest absolute Gasteiger partial charge is 0.260 e. The summed E-state index contributed by atoms with van der Waals surface area (Å²) in [5, 5.41) is 12.0. The van der Waals surface area contributed by atoms with Gasteiger partial charge in [-0.2, -0.15) is 5.01 Å². The van der Waals surface area contributed by atoms with Gasteiger partial charge in [0.2, 0.25) is 11.8 Å². The predicted octanol–water partition coefficient (Wildman–Crippen LogP) is 6.28. The van der Waals surface area contributed by atoms with Gasteiger partial charge in [0.15, 0.2) is 0 Å². The number of carbonyl (C=O) groups excluding carboxylic acids is 4. The number of hydrogen-bond donors (Lipinski definition) is 2. The number of benzene rings is 3. The molecule has 3 aromatic carbocycles. The Balaban J connectivity index is 1.46. The predicted molar refractivity (Wildman–Crippen MR) is 173 cm³/mol. The van der Waals surface area contributed by atoms with Crippen molar-refractivity contribution in [3.63, 3.8) is 0 Å². The van der Waals surface area contributed by atoms with Gasteiger partial charge in [0.05, 0.1) is 28.9 Å².